The van der Waals surface area contributed by atoms with Crippen molar-refractivity contribution in [3.63, 3.8) is 0 Å². The van der Waals surface area contributed by atoms with Gasteiger partial charge in [-0.25, -0.2) is 0 Å². The molecule has 10 heteroatoms. The summed E-state index contributed by atoms with van der Waals surface area (Å²) in [6, 6.07) is 0. The van der Waals surface area contributed by atoms with Gasteiger partial charge in [-0.1, -0.05) is 240 Å². The average Bonchev–Trinajstić information content (AvgIpc) is 3.53. The van der Waals surface area contributed by atoms with E-state index >= 15 is 0 Å². The Kier molecular flexibility index (Phi) is 55.9. The maximum Gasteiger partial charge on any atom is 0.305 e. The molecule has 1 amide bonds. The number of unbranched alkanes of at least 4 members (excludes halogenated alkanes) is 30. The highest BCUT2D eigenvalue weighted by molar-refractivity contribution is 7.99. The molecule has 1 aliphatic rings. The number of thioether (sulfide) groups is 2. The predicted molar refractivity (Wildman–Crippen MR) is 374 cm³/mol. The molecular formula is C75H144N2O6S2. The Balaban J connectivity index is 2.06. The number of Topliss-reactive ketones (excluding diaryl/α,β-unsaturated/α-hetero) is 1. The van der Waals surface area contributed by atoms with Crippen LogP contribution in [0, 0.1) is 35.0 Å². The minimum atomic E-state index is -0.192. The fraction of sp³-hybridized carbons (Fsp3) is 0.947. The van der Waals surface area contributed by atoms with Crippen LogP contribution in [0.1, 0.15) is 357 Å². The largest absolute Gasteiger partial charge is 0.465 e. The van der Waals surface area contributed by atoms with Crippen molar-refractivity contribution >= 4 is 47.5 Å². The maximum absolute atomic E-state index is 12.5. The zero-order valence-corrected chi connectivity index (χ0v) is 59.5. The smallest absolute Gasteiger partial charge is 0.305 e. The minimum absolute atomic E-state index is 0.00984. The first kappa shape index (κ1) is 81.9. The standard InChI is InChI=1S/C75H144N2O6S2/c1-9-11-13-25-37-49-69-67(47-34-12-10-2)54-55-68(48-36-27-19-21-29-39-51-71(79)74(3,4)5)70(69)50-38-28-20-22-31-41-53-73(81)82-58-62-84-60-44-32-23-15-14-18-30-40-52-72(80)77-57-43-42-56-76-64-66(65-78)46-35-26-17-16-24-33-45-61-85-63-59-83-75(6,7)8/h65-70,76H,9-64H2,1-8H3,(H,77,80). The summed E-state index contributed by atoms with van der Waals surface area (Å²) in [6.45, 7) is 21.0. The summed E-state index contributed by atoms with van der Waals surface area (Å²) in [5.74, 6) is 8.81. The number of esters is 1. The maximum atomic E-state index is 12.5. The zero-order valence-electron chi connectivity index (χ0n) is 57.8. The second-order valence-electron chi connectivity index (χ2n) is 28.5. The monoisotopic (exact) mass is 1230 g/mol. The summed E-state index contributed by atoms with van der Waals surface area (Å²) >= 11 is 3.93. The van der Waals surface area contributed by atoms with Gasteiger partial charge in [0.15, 0.2) is 0 Å². The Hall–Kier alpha value is -1.10. The molecule has 0 aromatic heterocycles. The van der Waals surface area contributed by atoms with Crippen molar-refractivity contribution in [2.24, 2.45) is 35.0 Å². The van der Waals surface area contributed by atoms with Crippen LogP contribution in [0.15, 0.2) is 0 Å². The van der Waals surface area contributed by atoms with Gasteiger partial charge in [0.05, 0.1) is 12.2 Å². The van der Waals surface area contributed by atoms with Crippen LogP contribution in [0.5, 0.6) is 0 Å². The number of ketones is 1. The average molecular weight is 1230 g/mol. The molecule has 8 nitrogen and oxygen atoms in total. The number of carbonyl (C=O) groups is 4. The second kappa shape index (κ2) is 58.0. The van der Waals surface area contributed by atoms with E-state index < -0.39 is 0 Å². The van der Waals surface area contributed by atoms with Gasteiger partial charge in [-0.15, -0.1) is 0 Å². The molecular weight excluding hydrogens is 1090 g/mol. The van der Waals surface area contributed by atoms with Crippen molar-refractivity contribution in [1.82, 2.24) is 10.6 Å². The molecule has 5 unspecified atom stereocenters. The van der Waals surface area contributed by atoms with Crippen molar-refractivity contribution in [2.45, 2.75) is 363 Å². The van der Waals surface area contributed by atoms with Gasteiger partial charge in [0.2, 0.25) is 5.91 Å². The molecule has 1 aliphatic carbocycles. The Morgan fingerprint density at radius 3 is 1.41 bits per heavy atom. The molecule has 0 bridgehead atoms. The van der Waals surface area contributed by atoms with E-state index in [0.717, 1.165) is 138 Å². The first-order chi connectivity index (χ1) is 41.2. The lowest BCUT2D eigenvalue weighted by Gasteiger charge is -2.44. The molecule has 1 saturated carbocycles. The number of hydrogen-bond donors (Lipinski definition) is 2. The number of hydrogen-bond acceptors (Lipinski definition) is 9. The fourth-order valence-corrected chi connectivity index (χ4v) is 14.7. The number of amides is 1. The van der Waals surface area contributed by atoms with Crippen LogP contribution in [-0.2, 0) is 28.7 Å². The van der Waals surface area contributed by atoms with Crippen LogP contribution < -0.4 is 10.6 Å². The van der Waals surface area contributed by atoms with Crippen LogP contribution in [-0.4, -0.2) is 85.4 Å². The molecule has 2 N–H and O–H groups in total. The van der Waals surface area contributed by atoms with E-state index in [4.69, 9.17) is 9.47 Å². The van der Waals surface area contributed by atoms with Crippen LogP contribution in [0.25, 0.3) is 0 Å². The van der Waals surface area contributed by atoms with Gasteiger partial charge in [0, 0.05) is 55.2 Å². The molecule has 85 heavy (non-hydrogen) atoms. The number of rotatable bonds is 63. The quantitative estimate of drug-likeness (QED) is 0.0349. The summed E-state index contributed by atoms with van der Waals surface area (Å²) in [7, 11) is 0. The molecule has 0 aromatic carbocycles. The lowest BCUT2D eigenvalue weighted by atomic mass is 9.61. The first-order valence-corrected chi connectivity index (χ1v) is 39.4. The van der Waals surface area contributed by atoms with E-state index in [1.54, 1.807) is 0 Å². The Morgan fingerprint density at radius 2 is 0.894 bits per heavy atom. The lowest BCUT2D eigenvalue weighted by molar-refractivity contribution is -0.143. The Morgan fingerprint density at radius 1 is 0.471 bits per heavy atom. The van der Waals surface area contributed by atoms with Gasteiger partial charge < -0.3 is 24.9 Å². The third-order valence-corrected chi connectivity index (χ3v) is 20.5. The summed E-state index contributed by atoms with van der Waals surface area (Å²) in [5.41, 5.74) is -0.222. The number of nitrogens with one attached hydrogen (secondary N) is 2. The van der Waals surface area contributed by atoms with Gasteiger partial charge >= 0.3 is 5.97 Å². The molecule has 0 spiro atoms. The molecule has 0 aromatic rings. The van der Waals surface area contributed by atoms with Gasteiger partial charge in [-0.05, 0) is 140 Å². The summed E-state index contributed by atoms with van der Waals surface area (Å²) in [6.07, 6.45) is 59.5. The topological polar surface area (TPSA) is 111 Å². The molecule has 502 valence electrons. The van der Waals surface area contributed by atoms with Crippen LogP contribution in [0.3, 0.4) is 0 Å². The predicted octanol–water partition coefficient (Wildman–Crippen LogP) is 21.8. The second-order valence-corrected chi connectivity index (χ2v) is 31.0. The van der Waals surface area contributed by atoms with Crippen molar-refractivity contribution in [3.05, 3.63) is 0 Å². The minimum Gasteiger partial charge on any atom is -0.465 e. The van der Waals surface area contributed by atoms with Crippen molar-refractivity contribution in [1.29, 1.82) is 0 Å². The molecule has 1 fully saturated rings. The van der Waals surface area contributed by atoms with Gasteiger partial charge in [0.1, 0.15) is 18.7 Å². The zero-order chi connectivity index (χ0) is 62.2. The summed E-state index contributed by atoms with van der Waals surface area (Å²) in [5, 5.41) is 6.57. The molecule has 1 rings (SSSR count). The molecule has 0 heterocycles. The van der Waals surface area contributed by atoms with Gasteiger partial charge in [-0.3, -0.25) is 14.4 Å². The van der Waals surface area contributed by atoms with E-state index in [1.165, 1.54) is 230 Å². The molecule has 0 aliphatic heterocycles. The summed E-state index contributed by atoms with van der Waals surface area (Å²) < 4.78 is 11.4. The number of carbonyl (C=O) groups excluding carboxylic acids is 4. The van der Waals surface area contributed by atoms with Gasteiger partial charge in [-0.2, -0.15) is 23.5 Å². The third-order valence-electron chi connectivity index (χ3n) is 18.5. The third kappa shape index (κ3) is 52.3. The van der Waals surface area contributed by atoms with E-state index in [-0.39, 0.29) is 28.8 Å². The van der Waals surface area contributed by atoms with Gasteiger partial charge in [0.25, 0.3) is 0 Å². The van der Waals surface area contributed by atoms with Crippen molar-refractivity contribution in [2.75, 3.05) is 55.9 Å². The highest BCUT2D eigenvalue weighted by atomic mass is 32.2. The molecule has 0 saturated heterocycles. The van der Waals surface area contributed by atoms with Crippen molar-refractivity contribution in [3.8, 4) is 0 Å². The molecule has 5 atom stereocenters. The molecule has 0 radical (unpaired) electrons. The van der Waals surface area contributed by atoms with E-state index in [9.17, 15) is 19.2 Å². The fourth-order valence-electron chi connectivity index (χ4n) is 13.1. The summed E-state index contributed by atoms with van der Waals surface area (Å²) in [4.78, 5) is 48.8. The first-order valence-electron chi connectivity index (χ1n) is 37.1. The lowest BCUT2D eigenvalue weighted by Crippen LogP contribution is -2.35. The van der Waals surface area contributed by atoms with E-state index in [0.29, 0.717) is 25.2 Å². The SMILES string of the molecule is CCCCCCCC1C(CCCCC)CCC(CCCCCCCCC(=O)C(C)(C)C)C1CCCCCCCCC(=O)OCCSCCCCCCCCCCC(=O)NCCCCNCC(C=O)CCCCCCCCCSCCOC(C)(C)C. The van der Waals surface area contributed by atoms with Crippen LogP contribution in [0.4, 0.5) is 0 Å². The Bertz CT molecular complexity index is 1520. The highest BCUT2D eigenvalue weighted by Gasteiger charge is 2.38. The number of ether oxygens (including phenoxy) is 2. The van der Waals surface area contributed by atoms with E-state index in [1.807, 2.05) is 23.5 Å². The van der Waals surface area contributed by atoms with Crippen LogP contribution in [0.2, 0.25) is 0 Å². The van der Waals surface area contributed by atoms with E-state index in [2.05, 4.69) is 66.0 Å². The van der Waals surface area contributed by atoms with Crippen LogP contribution >= 0.6 is 23.5 Å². The Labute approximate surface area is 537 Å². The van der Waals surface area contributed by atoms with Crippen molar-refractivity contribution < 1.29 is 28.7 Å². The normalized spacial score (nSPS) is 16.9. The number of aldehydes is 1. The highest BCUT2D eigenvalue weighted by Crippen LogP contribution is 2.48.